The number of benzene rings is 1. The number of fused-ring (bicyclic) bond motifs is 1. The van der Waals surface area contributed by atoms with Crippen LogP contribution in [-0.4, -0.2) is 31.7 Å². The zero-order valence-electron chi connectivity index (χ0n) is 15.3. The number of methoxy groups -OCH3 is 1. The van der Waals surface area contributed by atoms with Crippen molar-refractivity contribution in [3.05, 3.63) is 36.9 Å². The molecule has 1 aromatic heterocycles. The Morgan fingerprint density at radius 2 is 2.17 bits per heavy atom. The van der Waals surface area contributed by atoms with Gasteiger partial charge in [0, 0.05) is 11.1 Å². The van der Waals surface area contributed by atoms with Crippen LogP contribution in [0.3, 0.4) is 0 Å². The van der Waals surface area contributed by atoms with Crippen LogP contribution in [0.5, 0.6) is 17.2 Å². The highest BCUT2D eigenvalue weighted by Gasteiger charge is 2.41. The molecule has 2 atom stereocenters. The highest BCUT2D eigenvalue weighted by atomic mass is 79.9. The molecular formula is C18H15Br2N3O5S. The van der Waals surface area contributed by atoms with Gasteiger partial charge in [-0.3, -0.25) is 4.79 Å². The minimum atomic E-state index is -0.538. The molecule has 4 rings (SSSR count). The smallest absolute Gasteiger partial charge is 0.289 e. The fourth-order valence-corrected chi connectivity index (χ4v) is 5.40. The molecule has 11 heteroatoms. The second kappa shape index (κ2) is 8.33. The van der Waals surface area contributed by atoms with E-state index in [2.05, 4.69) is 47.5 Å². The zero-order valence-corrected chi connectivity index (χ0v) is 19.3. The SMILES string of the molecule is COc1c(Br)c([C@H]2ON=C(C(=O)N/N=C\c3ccsc3)[C@@H]2C)c(Br)c2c1OCO2. The number of amides is 1. The van der Waals surface area contributed by atoms with Gasteiger partial charge in [0.1, 0.15) is 0 Å². The second-order valence-corrected chi connectivity index (χ2v) is 8.55. The number of nitrogens with zero attached hydrogens (tertiary/aromatic N) is 2. The third-order valence-corrected chi connectivity index (χ3v) is 6.76. The second-order valence-electron chi connectivity index (χ2n) is 6.19. The summed E-state index contributed by atoms with van der Waals surface area (Å²) in [7, 11) is 1.54. The fraction of sp³-hybridized carbons (Fsp3) is 0.278. The average Bonchev–Trinajstić information content (AvgIpc) is 3.44. The van der Waals surface area contributed by atoms with Crippen LogP contribution in [0, 0.1) is 5.92 Å². The number of hydrogen-bond acceptors (Lipinski definition) is 8. The molecule has 2 aliphatic rings. The lowest BCUT2D eigenvalue weighted by atomic mass is 9.93. The van der Waals surface area contributed by atoms with E-state index in [-0.39, 0.29) is 18.4 Å². The van der Waals surface area contributed by atoms with Gasteiger partial charge in [0.15, 0.2) is 23.3 Å². The van der Waals surface area contributed by atoms with Crippen molar-refractivity contribution in [2.24, 2.45) is 16.2 Å². The summed E-state index contributed by atoms with van der Waals surface area (Å²) in [5, 5.41) is 11.8. The molecule has 0 radical (unpaired) electrons. The Balaban J connectivity index is 1.56. The largest absolute Gasteiger partial charge is 0.492 e. The first-order valence-corrected chi connectivity index (χ1v) is 11.0. The number of nitrogens with one attached hydrogen (secondary N) is 1. The minimum absolute atomic E-state index is 0.0908. The Morgan fingerprint density at radius 1 is 1.38 bits per heavy atom. The summed E-state index contributed by atoms with van der Waals surface area (Å²) in [4.78, 5) is 18.1. The molecule has 2 aliphatic heterocycles. The molecule has 0 bridgehead atoms. The number of carbonyl (C=O) groups is 1. The molecule has 2 aromatic rings. The highest BCUT2D eigenvalue weighted by molar-refractivity contribution is 9.11. The number of hydrogen-bond donors (Lipinski definition) is 1. The summed E-state index contributed by atoms with van der Waals surface area (Å²) < 4.78 is 17.8. The van der Waals surface area contributed by atoms with E-state index in [1.54, 1.807) is 24.7 Å². The number of thiophene rings is 1. The first kappa shape index (κ1) is 20.2. The summed E-state index contributed by atoms with van der Waals surface area (Å²) in [6.45, 7) is 1.95. The van der Waals surface area contributed by atoms with Gasteiger partial charge in [-0.25, -0.2) is 5.43 Å². The van der Waals surface area contributed by atoms with Gasteiger partial charge < -0.3 is 19.0 Å². The van der Waals surface area contributed by atoms with Crippen LogP contribution in [0.1, 0.15) is 24.2 Å². The Kier molecular flexibility index (Phi) is 5.79. The number of ether oxygens (including phenoxy) is 3. The van der Waals surface area contributed by atoms with Gasteiger partial charge in [0.2, 0.25) is 12.5 Å². The van der Waals surface area contributed by atoms with E-state index < -0.39 is 12.0 Å². The van der Waals surface area contributed by atoms with E-state index in [4.69, 9.17) is 19.0 Å². The van der Waals surface area contributed by atoms with Crippen molar-refractivity contribution >= 4 is 61.0 Å². The van der Waals surface area contributed by atoms with E-state index in [0.29, 0.717) is 31.8 Å². The third kappa shape index (κ3) is 3.62. The maximum atomic E-state index is 12.5. The molecule has 3 heterocycles. The van der Waals surface area contributed by atoms with Crippen LogP contribution in [0.15, 0.2) is 36.0 Å². The Labute approximate surface area is 187 Å². The average molecular weight is 545 g/mol. The van der Waals surface area contributed by atoms with Gasteiger partial charge >= 0.3 is 0 Å². The van der Waals surface area contributed by atoms with Crippen molar-refractivity contribution in [1.29, 1.82) is 0 Å². The van der Waals surface area contributed by atoms with E-state index in [1.807, 2.05) is 23.8 Å². The minimum Gasteiger partial charge on any atom is -0.492 e. The maximum absolute atomic E-state index is 12.5. The van der Waals surface area contributed by atoms with Crippen LogP contribution in [0.2, 0.25) is 0 Å². The van der Waals surface area contributed by atoms with Gasteiger partial charge in [-0.2, -0.15) is 16.4 Å². The number of rotatable bonds is 5. The highest BCUT2D eigenvalue weighted by Crippen LogP contribution is 2.55. The molecule has 0 saturated carbocycles. The van der Waals surface area contributed by atoms with Crippen LogP contribution in [0.4, 0.5) is 0 Å². The summed E-state index contributed by atoms with van der Waals surface area (Å²) in [5.41, 5.74) is 4.36. The Morgan fingerprint density at radius 3 is 2.90 bits per heavy atom. The molecule has 29 heavy (non-hydrogen) atoms. The first-order chi connectivity index (χ1) is 14.0. The quantitative estimate of drug-likeness (QED) is 0.449. The van der Waals surface area contributed by atoms with Gasteiger partial charge in [0.25, 0.3) is 5.91 Å². The molecule has 1 N–H and O–H groups in total. The van der Waals surface area contributed by atoms with E-state index in [1.165, 1.54) is 0 Å². The lowest BCUT2D eigenvalue weighted by Crippen LogP contribution is -2.31. The third-order valence-electron chi connectivity index (χ3n) is 4.48. The molecule has 0 aliphatic carbocycles. The van der Waals surface area contributed by atoms with Gasteiger partial charge in [-0.1, -0.05) is 12.1 Å². The van der Waals surface area contributed by atoms with E-state index >= 15 is 0 Å². The fourth-order valence-electron chi connectivity index (χ4n) is 3.04. The van der Waals surface area contributed by atoms with Crippen molar-refractivity contribution in [2.75, 3.05) is 13.9 Å². The number of hydrazone groups is 1. The van der Waals surface area contributed by atoms with Crippen LogP contribution in [-0.2, 0) is 9.63 Å². The van der Waals surface area contributed by atoms with Crippen molar-refractivity contribution in [1.82, 2.24) is 5.43 Å². The summed E-state index contributed by atoms with van der Waals surface area (Å²) >= 11 is 8.67. The molecule has 0 unspecified atom stereocenters. The van der Waals surface area contributed by atoms with Crippen LogP contribution in [0.25, 0.3) is 0 Å². The van der Waals surface area contributed by atoms with Crippen molar-refractivity contribution in [2.45, 2.75) is 13.0 Å². The van der Waals surface area contributed by atoms with E-state index in [0.717, 1.165) is 5.56 Å². The molecule has 8 nitrogen and oxygen atoms in total. The molecule has 0 fully saturated rings. The number of oxime groups is 1. The maximum Gasteiger partial charge on any atom is 0.289 e. The van der Waals surface area contributed by atoms with Crippen molar-refractivity contribution < 1.29 is 23.8 Å². The molecule has 0 spiro atoms. The summed E-state index contributed by atoms with van der Waals surface area (Å²) in [6, 6.07) is 1.90. The Hall–Kier alpha value is -2.11. The van der Waals surface area contributed by atoms with Gasteiger partial charge in [-0.15, -0.1) is 0 Å². The molecule has 1 amide bonds. The lowest BCUT2D eigenvalue weighted by molar-refractivity contribution is -0.115. The Bertz CT molecular complexity index is 1010. The predicted octanol–water partition coefficient (Wildman–Crippen LogP) is 4.22. The first-order valence-electron chi connectivity index (χ1n) is 8.46. The number of halogens is 2. The zero-order chi connectivity index (χ0) is 20.5. The van der Waals surface area contributed by atoms with Gasteiger partial charge in [-0.05, 0) is 48.7 Å². The van der Waals surface area contributed by atoms with Crippen molar-refractivity contribution in [3.8, 4) is 17.2 Å². The monoisotopic (exact) mass is 543 g/mol. The van der Waals surface area contributed by atoms with E-state index in [9.17, 15) is 4.79 Å². The standard InChI is InChI=1S/C18H15Br2N3O5S/c1-8-13(18(24)22-21-5-9-3-4-29-6-9)23-28-14(8)10-11(19)15(25-2)17-16(12(10)20)26-7-27-17/h3-6,8,14H,7H2,1-2H3,(H,22,24)/b21-5-/t8-,14-/m0/s1. The summed E-state index contributed by atoms with van der Waals surface area (Å²) in [5.74, 6) is 0.747. The lowest BCUT2D eigenvalue weighted by Gasteiger charge is -2.20. The molecular weight excluding hydrogens is 530 g/mol. The molecule has 0 saturated heterocycles. The summed E-state index contributed by atoms with van der Waals surface area (Å²) in [6.07, 6.45) is 1.03. The van der Waals surface area contributed by atoms with Gasteiger partial charge in [0.05, 0.1) is 28.2 Å². The normalized spacial score (nSPS) is 19.9. The number of carbonyl (C=O) groups excluding carboxylic acids is 1. The predicted molar refractivity (Wildman–Crippen MR) is 115 cm³/mol. The molecule has 152 valence electrons. The van der Waals surface area contributed by atoms with Crippen LogP contribution >= 0.6 is 43.2 Å². The van der Waals surface area contributed by atoms with Crippen molar-refractivity contribution in [3.63, 3.8) is 0 Å². The van der Waals surface area contributed by atoms with Crippen LogP contribution < -0.4 is 19.6 Å². The molecule has 1 aromatic carbocycles. The topological polar surface area (TPSA) is 90.7 Å².